The Morgan fingerprint density at radius 3 is 2.39 bits per heavy atom. The summed E-state index contributed by atoms with van der Waals surface area (Å²) in [5.74, 6) is -1.73. The Labute approximate surface area is 163 Å². The Bertz CT molecular complexity index is 809. The summed E-state index contributed by atoms with van der Waals surface area (Å²) in [6.45, 7) is 3.14. The van der Waals surface area contributed by atoms with Gasteiger partial charge in [-0.25, -0.2) is 9.78 Å². The number of benzene rings is 1. The molecule has 0 N–H and O–H groups in total. The molecule has 1 heterocycles. The van der Waals surface area contributed by atoms with Gasteiger partial charge in [-0.05, 0) is 38.1 Å². The van der Waals surface area contributed by atoms with E-state index in [2.05, 4.69) is 4.98 Å². The van der Waals surface area contributed by atoms with Gasteiger partial charge in [0.2, 0.25) is 5.88 Å². The third-order valence-corrected chi connectivity index (χ3v) is 3.56. The lowest BCUT2D eigenvalue weighted by atomic mass is 10.2. The summed E-state index contributed by atoms with van der Waals surface area (Å²) in [4.78, 5) is 42.0. The summed E-state index contributed by atoms with van der Waals surface area (Å²) in [5.41, 5.74) is 0.613. The lowest BCUT2D eigenvalue weighted by molar-refractivity contribution is -0.142. The van der Waals surface area contributed by atoms with Gasteiger partial charge < -0.3 is 14.2 Å². The van der Waals surface area contributed by atoms with E-state index < -0.39 is 24.5 Å². The Morgan fingerprint density at radius 1 is 0.964 bits per heavy atom. The highest BCUT2D eigenvalue weighted by atomic mass is 16.5. The summed E-state index contributed by atoms with van der Waals surface area (Å²) in [6, 6.07) is 11.7. The zero-order valence-electron chi connectivity index (χ0n) is 15.8. The van der Waals surface area contributed by atoms with Crippen molar-refractivity contribution in [1.29, 1.82) is 0 Å². The predicted octanol–water partition coefficient (Wildman–Crippen LogP) is 2.23. The lowest BCUT2D eigenvalue weighted by Crippen LogP contribution is -2.39. The van der Waals surface area contributed by atoms with Crippen molar-refractivity contribution in [3.8, 4) is 5.88 Å². The van der Waals surface area contributed by atoms with Crippen LogP contribution in [-0.4, -0.2) is 49.2 Å². The molecule has 0 aliphatic heterocycles. The van der Waals surface area contributed by atoms with E-state index in [0.717, 1.165) is 0 Å². The van der Waals surface area contributed by atoms with Gasteiger partial charge in [0.15, 0.2) is 6.61 Å². The number of rotatable bonds is 9. The molecule has 0 saturated heterocycles. The van der Waals surface area contributed by atoms with Crippen molar-refractivity contribution in [3.63, 3.8) is 0 Å². The molecular formula is C20H22N2O6. The summed E-state index contributed by atoms with van der Waals surface area (Å²) < 4.78 is 15.3. The van der Waals surface area contributed by atoms with Gasteiger partial charge in [-0.3, -0.25) is 14.5 Å². The van der Waals surface area contributed by atoms with Crippen LogP contribution in [0.3, 0.4) is 0 Å². The van der Waals surface area contributed by atoms with Crippen LogP contribution in [0.1, 0.15) is 24.2 Å². The molecule has 0 unspecified atom stereocenters. The average molecular weight is 386 g/mol. The third kappa shape index (κ3) is 5.80. The number of anilines is 1. The minimum atomic E-state index is -0.742. The van der Waals surface area contributed by atoms with E-state index in [1.54, 1.807) is 50.2 Å². The number of carbonyl (C=O) groups excluding carboxylic acids is 3. The molecule has 2 rings (SSSR count). The highest BCUT2D eigenvalue weighted by Crippen LogP contribution is 2.17. The second-order valence-corrected chi connectivity index (χ2v) is 5.49. The number of ether oxygens (including phenoxy) is 3. The second-order valence-electron chi connectivity index (χ2n) is 5.49. The molecular weight excluding hydrogens is 364 g/mol. The van der Waals surface area contributed by atoms with Gasteiger partial charge in [-0.15, -0.1) is 0 Å². The van der Waals surface area contributed by atoms with E-state index in [-0.39, 0.29) is 24.6 Å². The first-order valence-corrected chi connectivity index (χ1v) is 8.82. The van der Waals surface area contributed by atoms with E-state index in [9.17, 15) is 14.4 Å². The number of hydrogen-bond acceptors (Lipinski definition) is 7. The predicted molar refractivity (Wildman–Crippen MR) is 101 cm³/mol. The molecule has 1 amide bonds. The zero-order valence-corrected chi connectivity index (χ0v) is 15.8. The SMILES string of the molecule is CCOC(=O)CN(C(=O)COC(=O)c1cccnc1OCC)c1ccccc1. The van der Waals surface area contributed by atoms with Crippen molar-refractivity contribution >= 4 is 23.5 Å². The molecule has 2 aromatic rings. The van der Waals surface area contributed by atoms with Crippen LogP contribution < -0.4 is 9.64 Å². The number of esters is 2. The molecule has 1 aromatic carbocycles. The normalized spacial score (nSPS) is 10.1. The van der Waals surface area contributed by atoms with E-state index in [4.69, 9.17) is 14.2 Å². The van der Waals surface area contributed by atoms with Crippen LogP contribution >= 0.6 is 0 Å². The average Bonchev–Trinajstić information content (AvgIpc) is 2.71. The molecule has 0 fully saturated rings. The summed E-state index contributed by atoms with van der Waals surface area (Å²) in [5, 5.41) is 0. The summed E-state index contributed by atoms with van der Waals surface area (Å²) >= 11 is 0. The molecule has 0 radical (unpaired) electrons. The maximum Gasteiger partial charge on any atom is 0.344 e. The van der Waals surface area contributed by atoms with Crippen LogP contribution in [0.25, 0.3) is 0 Å². The maximum atomic E-state index is 12.6. The van der Waals surface area contributed by atoms with Gasteiger partial charge in [0.25, 0.3) is 5.91 Å². The zero-order chi connectivity index (χ0) is 20.4. The molecule has 0 atom stereocenters. The van der Waals surface area contributed by atoms with Gasteiger partial charge in [-0.2, -0.15) is 0 Å². The minimum Gasteiger partial charge on any atom is -0.477 e. The van der Waals surface area contributed by atoms with Crippen molar-refractivity contribution in [2.45, 2.75) is 13.8 Å². The Hall–Kier alpha value is -3.42. The van der Waals surface area contributed by atoms with Crippen LogP contribution in [0.4, 0.5) is 5.69 Å². The number of amides is 1. The Morgan fingerprint density at radius 2 is 1.71 bits per heavy atom. The number of pyridine rings is 1. The third-order valence-electron chi connectivity index (χ3n) is 3.56. The van der Waals surface area contributed by atoms with Crippen molar-refractivity contribution in [2.75, 3.05) is 31.3 Å². The molecule has 0 aliphatic rings. The molecule has 0 spiro atoms. The van der Waals surface area contributed by atoms with Gasteiger partial charge in [0.05, 0.1) is 13.2 Å². The van der Waals surface area contributed by atoms with Crippen molar-refractivity contribution < 1.29 is 28.6 Å². The summed E-state index contributed by atoms with van der Waals surface area (Å²) in [7, 11) is 0. The van der Waals surface area contributed by atoms with Crippen molar-refractivity contribution in [1.82, 2.24) is 4.98 Å². The van der Waals surface area contributed by atoms with Gasteiger partial charge in [-0.1, -0.05) is 18.2 Å². The fraction of sp³-hybridized carbons (Fsp3) is 0.300. The van der Waals surface area contributed by atoms with Gasteiger partial charge in [0, 0.05) is 11.9 Å². The largest absolute Gasteiger partial charge is 0.477 e. The number of hydrogen-bond donors (Lipinski definition) is 0. The molecule has 0 aliphatic carbocycles. The first-order valence-electron chi connectivity index (χ1n) is 8.82. The molecule has 0 saturated carbocycles. The first kappa shape index (κ1) is 20.9. The molecule has 148 valence electrons. The lowest BCUT2D eigenvalue weighted by Gasteiger charge is -2.21. The topological polar surface area (TPSA) is 95.0 Å². The van der Waals surface area contributed by atoms with Crippen LogP contribution in [0.15, 0.2) is 48.7 Å². The number of nitrogens with zero attached hydrogens (tertiary/aromatic N) is 2. The first-order chi connectivity index (χ1) is 13.6. The second kappa shape index (κ2) is 10.7. The highest BCUT2D eigenvalue weighted by molar-refractivity contribution is 6.00. The van der Waals surface area contributed by atoms with E-state index >= 15 is 0 Å². The van der Waals surface area contributed by atoms with Gasteiger partial charge >= 0.3 is 11.9 Å². The molecule has 1 aromatic heterocycles. The van der Waals surface area contributed by atoms with E-state index in [0.29, 0.717) is 12.3 Å². The van der Waals surface area contributed by atoms with E-state index in [1.165, 1.54) is 17.2 Å². The molecule has 8 heteroatoms. The number of aromatic nitrogens is 1. The van der Waals surface area contributed by atoms with Crippen LogP contribution in [0, 0.1) is 0 Å². The number of carbonyl (C=O) groups is 3. The highest BCUT2D eigenvalue weighted by Gasteiger charge is 2.22. The fourth-order valence-electron chi connectivity index (χ4n) is 2.35. The van der Waals surface area contributed by atoms with Gasteiger partial charge in [0.1, 0.15) is 12.1 Å². The van der Waals surface area contributed by atoms with Crippen LogP contribution in [-0.2, 0) is 19.1 Å². The molecule has 0 bridgehead atoms. The minimum absolute atomic E-state index is 0.119. The number of para-hydroxylation sites is 1. The summed E-state index contributed by atoms with van der Waals surface area (Å²) in [6.07, 6.45) is 1.49. The standard InChI is InChI=1S/C20H22N2O6/c1-3-26-18(24)13-22(15-9-6-5-7-10-15)17(23)14-28-20(25)16-11-8-12-21-19(16)27-4-2/h5-12H,3-4,13-14H2,1-2H3. The molecule has 8 nitrogen and oxygen atoms in total. The monoisotopic (exact) mass is 386 g/mol. The van der Waals surface area contributed by atoms with Crippen LogP contribution in [0.5, 0.6) is 5.88 Å². The van der Waals surface area contributed by atoms with E-state index in [1.807, 2.05) is 0 Å². The van der Waals surface area contributed by atoms with Crippen molar-refractivity contribution in [2.24, 2.45) is 0 Å². The molecule has 28 heavy (non-hydrogen) atoms. The van der Waals surface area contributed by atoms with Crippen molar-refractivity contribution in [3.05, 3.63) is 54.2 Å². The quantitative estimate of drug-likeness (QED) is 0.610. The van der Waals surface area contributed by atoms with Crippen LogP contribution in [0.2, 0.25) is 0 Å². The Kier molecular flexibility index (Phi) is 7.95. The Balaban J connectivity index is 2.09. The fourth-order valence-corrected chi connectivity index (χ4v) is 2.35. The smallest absolute Gasteiger partial charge is 0.344 e. The maximum absolute atomic E-state index is 12.6.